The van der Waals surface area contributed by atoms with Crippen molar-refractivity contribution in [3.63, 3.8) is 0 Å². The molecule has 0 saturated heterocycles. The van der Waals surface area contributed by atoms with Crippen molar-refractivity contribution in [1.29, 1.82) is 0 Å². The Bertz CT molecular complexity index is 907. The van der Waals surface area contributed by atoms with Crippen LogP contribution in [0.25, 0.3) is 5.82 Å². The standard InChI is InChI=1S/C17H15N3O3/c1-11-2-4-12(5-3-11)8-14-10-16(21)20(19-14)15-9-13(17(22)23)6-7-18-15/h2-7,9-10,19H,8H2,1H3,(H,22,23). The van der Waals surface area contributed by atoms with Crippen molar-refractivity contribution in [3.05, 3.63) is 81.4 Å². The maximum atomic E-state index is 12.1. The van der Waals surface area contributed by atoms with Crippen molar-refractivity contribution in [2.24, 2.45) is 0 Å². The highest BCUT2D eigenvalue weighted by molar-refractivity contribution is 5.87. The summed E-state index contributed by atoms with van der Waals surface area (Å²) in [6.45, 7) is 2.02. The highest BCUT2D eigenvalue weighted by Gasteiger charge is 2.10. The normalized spacial score (nSPS) is 10.7. The van der Waals surface area contributed by atoms with Crippen LogP contribution in [0.3, 0.4) is 0 Å². The molecule has 1 aromatic carbocycles. The molecule has 0 spiro atoms. The van der Waals surface area contributed by atoms with E-state index in [0.29, 0.717) is 6.42 Å². The van der Waals surface area contributed by atoms with Crippen molar-refractivity contribution in [2.45, 2.75) is 13.3 Å². The van der Waals surface area contributed by atoms with Gasteiger partial charge in [0.05, 0.1) is 5.56 Å². The van der Waals surface area contributed by atoms with Crippen molar-refractivity contribution >= 4 is 5.97 Å². The zero-order valence-electron chi connectivity index (χ0n) is 12.5. The Balaban J connectivity index is 1.92. The molecule has 0 aliphatic rings. The largest absolute Gasteiger partial charge is 0.478 e. The van der Waals surface area contributed by atoms with E-state index in [1.807, 2.05) is 31.2 Å². The molecule has 6 nitrogen and oxygen atoms in total. The topological polar surface area (TPSA) is 88.0 Å². The molecule has 0 radical (unpaired) electrons. The Hall–Kier alpha value is -3.15. The van der Waals surface area contributed by atoms with Crippen LogP contribution in [0.4, 0.5) is 0 Å². The molecule has 0 amide bonds. The van der Waals surface area contributed by atoms with E-state index >= 15 is 0 Å². The number of aryl methyl sites for hydroxylation is 1. The number of pyridine rings is 1. The zero-order chi connectivity index (χ0) is 16.4. The molecule has 6 heteroatoms. The van der Waals surface area contributed by atoms with Crippen LogP contribution in [-0.2, 0) is 6.42 Å². The number of carbonyl (C=O) groups is 1. The number of nitrogens with zero attached hydrogens (tertiary/aromatic N) is 2. The Morgan fingerprint density at radius 3 is 2.65 bits per heavy atom. The second-order valence-corrected chi connectivity index (χ2v) is 5.33. The second-order valence-electron chi connectivity index (χ2n) is 5.33. The van der Waals surface area contributed by atoms with E-state index < -0.39 is 5.97 Å². The lowest BCUT2D eigenvalue weighted by Crippen LogP contribution is -2.15. The summed E-state index contributed by atoms with van der Waals surface area (Å²) < 4.78 is 1.25. The Kier molecular flexibility index (Phi) is 3.80. The summed E-state index contributed by atoms with van der Waals surface area (Å²) in [4.78, 5) is 27.2. The van der Waals surface area contributed by atoms with Gasteiger partial charge in [-0.3, -0.25) is 9.89 Å². The molecule has 0 saturated carbocycles. The Labute approximate surface area is 132 Å². The van der Waals surface area contributed by atoms with Gasteiger partial charge in [-0.2, -0.15) is 0 Å². The highest BCUT2D eigenvalue weighted by Crippen LogP contribution is 2.10. The average molecular weight is 309 g/mol. The lowest BCUT2D eigenvalue weighted by atomic mass is 10.1. The van der Waals surface area contributed by atoms with Gasteiger partial charge in [-0.25, -0.2) is 14.5 Å². The van der Waals surface area contributed by atoms with Gasteiger partial charge < -0.3 is 5.11 Å². The fourth-order valence-electron chi connectivity index (χ4n) is 2.30. The third-order valence-electron chi connectivity index (χ3n) is 3.51. The SMILES string of the molecule is Cc1ccc(Cc2cc(=O)n(-c3cc(C(=O)O)ccn3)[nH]2)cc1. The van der Waals surface area contributed by atoms with Crippen LogP contribution in [0.2, 0.25) is 0 Å². The third kappa shape index (κ3) is 3.21. The smallest absolute Gasteiger partial charge is 0.335 e. The molecule has 2 aromatic heterocycles. The van der Waals surface area contributed by atoms with Crippen LogP contribution < -0.4 is 5.56 Å². The van der Waals surface area contributed by atoms with E-state index in [9.17, 15) is 9.59 Å². The van der Waals surface area contributed by atoms with E-state index in [4.69, 9.17) is 5.11 Å². The van der Waals surface area contributed by atoms with Crippen molar-refractivity contribution < 1.29 is 9.90 Å². The van der Waals surface area contributed by atoms with Crippen LogP contribution in [-0.4, -0.2) is 25.8 Å². The van der Waals surface area contributed by atoms with Gasteiger partial charge in [0, 0.05) is 24.4 Å². The fourth-order valence-corrected chi connectivity index (χ4v) is 2.30. The number of nitrogens with one attached hydrogen (secondary N) is 1. The molecule has 3 rings (SSSR count). The van der Waals surface area contributed by atoms with Crippen molar-refractivity contribution in [3.8, 4) is 5.82 Å². The summed E-state index contributed by atoms with van der Waals surface area (Å²) in [5.41, 5.74) is 2.80. The molecular formula is C17H15N3O3. The number of benzene rings is 1. The summed E-state index contributed by atoms with van der Waals surface area (Å²) in [6, 6.07) is 12.3. The summed E-state index contributed by atoms with van der Waals surface area (Å²) in [6.07, 6.45) is 1.95. The van der Waals surface area contributed by atoms with Crippen molar-refractivity contribution in [1.82, 2.24) is 14.8 Å². The van der Waals surface area contributed by atoms with Gasteiger partial charge in [-0.15, -0.1) is 0 Å². The molecule has 2 heterocycles. The highest BCUT2D eigenvalue weighted by atomic mass is 16.4. The first-order valence-corrected chi connectivity index (χ1v) is 7.09. The van der Waals surface area contributed by atoms with Crippen LogP contribution in [0.15, 0.2) is 53.5 Å². The fraction of sp³-hybridized carbons (Fsp3) is 0.118. The summed E-state index contributed by atoms with van der Waals surface area (Å²) in [5.74, 6) is -0.807. The number of aromatic carboxylic acids is 1. The second kappa shape index (κ2) is 5.92. The van der Waals surface area contributed by atoms with Crippen LogP contribution in [0.5, 0.6) is 0 Å². The first-order valence-electron chi connectivity index (χ1n) is 7.09. The molecule has 0 aliphatic carbocycles. The predicted molar refractivity (Wildman–Crippen MR) is 85.1 cm³/mol. The van der Waals surface area contributed by atoms with Gasteiger partial charge in [0.2, 0.25) is 0 Å². The van der Waals surface area contributed by atoms with E-state index in [-0.39, 0.29) is 16.9 Å². The molecule has 0 atom stereocenters. The maximum absolute atomic E-state index is 12.1. The lowest BCUT2D eigenvalue weighted by molar-refractivity contribution is 0.0696. The number of hydrogen-bond donors (Lipinski definition) is 2. The molecular weight excluding hydrogens is 294 g/mol. The number of aromatic amines is 1. The third-order valence-corrected chi connectivity index (χ3v) is 3.51. The summed E-state index contributed by atoms with van der Waals surface area (Å²) in [5, 5.41) is 12.0. The van der Waals surface area contributed by atoms with Gasteiger partial charge in [-0.05, 0) is 24.6 Å². The van der Waals surface area contributed by atoms with E-state index in [1.54, 1.807) is 0 Å². The molecule has 0 aliphatic heterocycles. The number of aromatic nitrogens is 3. The monoisotopic (exact) mass is 309 g/mol. The van der Waals surface area contributed by atoms with E-state index in [0.717, 1.165) is 11.3 Å². The van der Waals surface area contributed by atoms with Crippen molar-refractivity contribution in [2.75, 3.05) is 0 Å². The summed E-state index contributed by atoms with van der Waals surface area (Å²) >= 11 is 0. The van der Waals surface area contributed by atoms with Crippen LogP contribution in [0, 0.1) is 6.92 Å². The predicted octanol–water partition coefficient (Wildman–Crippen LogP) is 2.16. The number of carboxylic acid groups (broad SMARTS) is 1. The molecule has 23 heavy (non-hydrogen) atoms. The molecule has 116 valence electrons. The maximum Gasteiger partial charge on any atom is 0.335 e. The van der Waals surface area contributed by atoms with Crippen LogP contribution in [0.1, 0.15) is 27.2 Å². The Morgan fingerprint density at radius 2 is 1.96 bits per heavy atom. The van der Waals surface area contributed by atoms with Gasteiger partial charge >= 0.3 is 5.97 Å². The number of hydrogen-bond acceptors (Lipinski definition) is 3. The summed E-state index contributed by atoms with van der Waals surface area (Å²) in [7, 11) is 0. The number of carboxylic acids is 1. The van der Waals surface area contributed by atoms with Gasteiger partial charge in [-0.1, -0.05) is 29.8 Å². The first-order chi connectivity index (χ1) is 11.0. The molecule has 3 aromatic rings. The zero-order valence-corrected chi connectivity index (χ0v) is 12.5. The minimum absolute atomic E-state index is 0.0802. The Morgan fingerprint density at radius 1 is 1.22 bits per heavy atom. The molecule has 0 fully saturated rings. The molecule has 2 N–H and O–H groups in total. The average Bonchev–Trinajstić information content (AvgIpc) is 2.90. The quantitative estimate of drug-likeness (QED) is 0.773. The van der Waals surface area contributed by atoms with Crippen LogP contribution >= 0.6 is 0 Å². The molecule has 0 unspecified atom stereocenters. The minimum atomic E-state index is -1.06. The van der Waals surface area contributed by atoms with E-state index in [2.05, 4.69) is 10.1 Å². The molecule has 0 bridgehead atoms. The number of H-pyrrole nitrogens is 1. The lowest BCUT2D eigenvalue weighted by Gasteiger charge is -2.03. The van der Waals surface area contributed by atoms with Gasteiger partial charge in [0.25, 0.3) is 5.56 Å². The van der Waals surface area contributed by atoms with Gasteiger partial charge in [0.1, 0.15) is 0 Å². The minimum Gasteiger partial charge on any atom is -0.478 e. The van der Waals surface area contributed by atoms with Gasteiger partial charge in [0.15, 0.2) is 5.82 Å². The number of rotatable bonds is 4. The van der Waals surface area contributed by atoms with E-state index in [1.165, 1.54) is 34.6 Å². The first kappa shape index (κ1) is 14.8.